The molecule has 0 aliphatic carbocycles. The van der Waals surface area contributed by atoms with Crippen LogP contribution in [-0.2, 0) is 0 Å². The van der Waals surface area contributed by atoms with Crippen molar-refractivity contribution < 1.29 is 0 Å². The molecule has 0 spiro atoms. The van der Waals surface area contributed by atoms with Crippen molar-refractivity contribution in [3.63, 3.8) is 0 Å². The highest BCUT2D eigenvalue weighted by molar-refractivity contribution is 7.99. The summed E-state index contributed by atoms with van der Waals surface area (Å²) in [5.41, 5.74) is 2.38. The lowest BCUT2D eigenvalue weighted by Gasteiger charge is -2.09. The number of rotatable bonds is 3. The largest absolute Gasteiger partial charge is 0.276 e. The van der Waals surface area contributed by atoms with E-state index in [2.05, 4.69) is 43.1 Å². The van der Waals surface area contributed by atoms with Gasteiger partial charge in [-0.3, -0.25) is 4.57 Å². The minimum absolute atomic E-state index is 0.506. The average Bonchev–Trinajstić information content (AvgIpc) is 2.66. The average molecular weight is 233 g/mol. The van der Waals surface area contributed by atoms with E-state index in [0.29, 0.717) is 5.25 Å². The molecule has 0 N–H and O–H groups in total. The van der Waals surface area contributed by atoms with Crippen LogP contribution in [-0.4, -0.2) is 20.0 Å². The molecule has 0 saturated heterocycles. The summed E-state index contributed by atoms with van der Waals surface area (Å²) in [6, 6.07) is 8.26. The van der Waals surface area contributed by atoms with Gasteiger partial charge in [-0.25, -0.2) is 0 Å². The van der Waals surface area contributed by atoms with Gasteiger partial charge in [0.2, 0.25) is 0 Å². The molecule has 0 fully saturated rings. The van der Waals surface area contributed by atoms with E-state index in [0.717, 1.165) is 10.8 Å². The van der Waals surface area contributed by atoms with Crippen LogP contribution in [0.5, 0.6) is 0 Å². The Balaban J connectivity index is 2.41. The molecule has 0 unspecified atom stereocenters. The number of aromatic nitrogens is 3. The van der Waals surface area contributed by atoms with E-state index in [1.165, 1.54) is 5.56 Å². The van der Waals surface area contributed by atoms with Crippen molar-refractivity contribution in [2.45, 2.75) is 31.2 Å². The predicted octanol–water partition coefficient (Wildman–Crippen LogP) is 3.08. The van der Waals surface area contributed by atoms with Gasteiger partial charge in [0.1, 0.15) is 6.33 Å². The van der Waals surface area contributed by atoms with Crippen LogP contribution in [0, 0.1) is 6.92 Å². The van der Waals surface area contributed by atoms with E-state index < -0.39 is 0 Å². The third kappa shape index (κ3) is 2.27. The lowest BCUT2D eigenvalue weighted by Crippen LogP contribution is -1.99. The Morgan fingerprint density at radius 1 is 1.25 bits per heavy atom. The standard InChI is InChI=1S/C12H15N3S/c1-9(2)16-12-14-13-8-15(12)11-7-5-4-6-10(11)3/h4-9H,1-3H3. The van der Waals surface area contributed by atoms with Crippen molar-refractivity contribution >= 4 is 11.8 Å². The van der Waals surface area contributed by atoms with Crippen LogP contribution in [0.3, 0.4) is 0 Å². The van der Waals surface area contributed by atoms with Gasteiger partial charge >= 0.3 is 0 Å². The molecule has 84 valence electrons. The Morgan fingerprint density at radius 3 is 2.69 bits per heavy atom. The van der Waals surface area contributed by atoms with Crippen molar-refractivity contribution in [1.82, 2.24) is 14.8 Å². The van der Waals surface area contributed by atoms with Crippen molar-refractivity contribution in [1.29, 1.82) is 0 Å². The van der Waals surface area contributed by atoms with Crippen molar-refractivity contribution in [3.8, 4) is 5.69 Å². The van der Waals surface area contributed by atoms with E-state index >= 15 is 0 Å². The molecule has 1 heterocycles. The van der Waals surface area contributed by atoms with E-state index in [9.17, 15) is 0 Å². The highest BCUT2D eigenvalue weighted by atomic mass is 32.2. The number of hydrogen-bond donors (Lipinski definition) is 0. The Hall–Kier alpha value is -1.29. The molecule has 1 aromatic heterocycles. The summed E-state index contributed by atoms with van der Waals surface area (Å²) in [6.07, 6.45) is 1.77. The number of para-hydroxylation sites is 1. The quantitative estimate of drug-likeness (QED) is 0.763. The summed E-state index contributed by atoms with van der Waals surface area (Å²) in [5.74, 6) is 0. The lowest BCUT2D eigenvalue weighted by molar-refractivity contribution is 0.872. The van der Waals surface area contributed by atoms with Gasteiger partial charge in [-0.1, -0.05) is 43.8 Å². The first kappa shape index (κ1) is 11.2. The van der Waals surface area contributed by atoms with Crippen LogP contribution in [0.15, 0.2) is 35.7 Å². The first-order chi connectivity index (χ1) is 7.68. The topological polar surface area (TPSA) is 30.7 Å². The first-order valence-electron chi connectivity index (χ1n) is 5.31. The second-order valence-electron chi connectivity index (χ2n) is 3.94. The monoisotopic (exact) mass is 233 g/mol. The molecule has 0 radical (unpaired) electrons. The minimum atomic E-state index is 0.506. The van der Waals surface area contributed by atoms with Gasteiger partial charge in [0.05, 0.1) is 5.69 Å². The predicted molar refractivity (Wildman–Crippen MR) is 67.1 cm³/mol. The molecule has 2 rings (SSSR count). The molecule has 3 nitrogen and oxygen atoms in total. The van der Waals surface area contributed by atoms with Crippen LogP contribution in [0.4, 0.5) is 0 Å². The highest BCUT2D eigenvalue weighted by Crippen LogP contribution is 2.24. The molecule has 4 heteroatoms. The Bertz CT molecular complexity index is 477. The molecular weight excluding hydrogens is 218 g/mol. The zero-order valence-electron chi connectivity index (χ0n) is 9.71. The van der Waals surface area contributed by atoms with Crippen LogP contribution in [0.25, 0.3) is 5.69 Å². The molecule has 0 amide bonds. The summed E-state index contributed by atoms with van der Waals surface area (Å²) in [4.78, 5) is 0. The highest BCUT2D eigenvalue weighted by Gasteiger charge is 2.09. The van der Waals surface area contributed by atoms with Gasteiger partial charge < -0.3 is 0 Å². The maximum atomic E-state index is 4.15. The van der Waals surface area contributed by atoms with Crippen molar-refractivity contribution in [2.75, 3.05) is 0 Å². The molecular formula is C12H15N3S. The molecule has 2 aromatic rings. The van der Waals surface area contributed by atoms with E-state index in [1.54, 1.807) is 18.1 Å². The van der Waals surface area contributed by atoms with Crippen LogP contribution >= 0.6 is 11.8 Å². The Labute approximate surface area is 99.9 Å². The van der Waals surface area contributed by atoms with Crippen molar-refractivity contribution in [3.05, 3.63) is 36.2 Å². The normalized spacial score (nSPS) is 11.0. The van der Waals surface area contributed by atoms with Crippen LogP contribution in [0.2, 0.25) is 0 Å². The van der Waals surface area contributed by atoms with E-state index in [4.69, 9.17) is 0 Å². The number of thioether (sulfide) groups is 1. The molecule has 0 atom stereocenters. The van der Waals surface area contributed by atoms with Crippen LogP contribution in [0.1, 0.15) is 19.4 Å². The van der Waals surface area contributed by atoms with Gasteiger partial charge in [-0.2, -0.15) is 0 Å². The summed E-state index contributed by atoms with van der Waals surface area (Å²) in [6.45, 7) is 6.40. The molecule has 0 aliphatic rings. The van der Waals surface area contributed by atoms with Gasteiger partial charge in [0.15, 0.2) is 5.16 Å². The number of aryl methyl sites for hydroxylation is 1. The maximum Gasteiger partial charge on any atom is 0.195 e. The third-order valence-corrected chi connectivity index (χ3v) is 3.19. The van der Waals surface area contributed by atoms with Gasteiger partial charge in [0.25, 0.3) is 0 Å². The molecule has 0 saturated carbocycles. The fraction of sp³-hybridized carbons (Fsp3) is 0.333. The third-order valence-electron chi connectivity index (χ3n) is 2.23. The van der Waals surface area contributed by atoms with Crippen LogP contribution < -0.4 is 0 Å². The van der Waals surface area contributed by atoms with Crippen molar-refractivity contribution in [2.24, 2.45) is 0 Å². The van der Waals surface area contributed by atoms with Gasteiger partial charge in [0, 0.05) is 5.25 Å². The maximum absolute atomic E-state index is 4.15. The lowest BCUT2D eigenvalue weighted by atomic mass is 10.2. The summed E-state index contributed by atoms with van der Waals surface area (Å²) in [7, 11) is 0. The number of benzene rings is 1. The second-order valence-corrected chi connectivity index (χ2v) is 5.48. The fourth-order valence-electron chi connectivity index (χ4n) is 1.51. The van der Waals surface area contributed by atoms with E-state index in [-0.39, 0.29) is 0 Å². The zero-order chi connectivity index (χ0) is 11.5. The first-order valence-corrected chi connectivity index (χ1v) is 6.19. The number of nitrogens with zero attached hydrogens (tertiary/aromatic N) is 3. The zero-order valence-corrected chi connectivity index (χ0v) is 10.5. The molecule has 16 heavy (non-hydrogen) atoms. The SMILES string of the molecule is Cc1ccccc1-n1cnnc1SC(C)C. The second kappa shape index (κ2) is 4.70. The van der Waals surface area contributed by atoms with E-state index in [1.807, 2.05) is 16.7 Å². The van der Waals surface area contributed by atoms with Gasteiger partial charge in [-0.05, 0) is 18.6 Å². The smallest absolute Gasteiger partial charge is 0.195 e. The summed E-state index contributed by atoms with van der Waals surface area (Å²) >= 11 is 1.72. The molecule has 0 bridgehead atoms. The number of hydrogen-bond acceptors (Lipinski definition) is 3. The fourth-order valence-corrected chi connectivity index (χ4v) is 2.29. The molecule has 1 aromatic carbocycles. The van der Waals surface area contributed by atoms with Gasteiger partial charge in [-0.15, -0.1) is 10.2 Å². The summed E-state index contributed by atoms with van der Waals surface area (Å²) < 4.78 is 2.04. The Kier molecular flexibility index (Phi) is 3.29. The molecule has 0 aliphatic heterocycles. The minimum Gasteiger partial charge on any atom is -0.276 e. The summed E-state index contributed by atoms with van der Waals surface area (Å²) in [5, 5.41) is 9.59. The Morgan fingerprint density at radius 2 is 2.00 bits per heavy atom.